The van der Waals surface area contributed by atoms with Gasteiger partial charge in [0.15, 0.2) is 0 Å². The molecule has 1 heterocycles. The van der Waals surface area contributed by atoms with E-state index in [1.165, 1.54) is 0 Å². The van der Waals surface area contributed by atoms with Crippen LogP contribution in [-0.4, -0.2) is 47.2 Å². The summed E-state index contributed by atoms with van der Waals surface area (Å²) in [7, 11) is 0. The second kappa shape index (κ2) is 6.36. The van der Waals surface area contributed by atoms with Gasteiger partial charge in [0.25, 0.3) is 0 Å². The van der Waals surface area contributed by atoms with Crippen LogP contribution in [0.5, 0.6) is 0 Å². The van der Waals surface area contributed by atoms with E-state index in [1.807, 2.05) is 6.92 Å². The maximum Gasteiger partial charge on any atom is 0.323 e. The number of piperidine rings is 1. The molecule has 0 aromatic carbocycles. The third-order valence-corrected chi connectivity index (χ3v) is 3.92. The van der Waals surface area contributed by atoms with Gasteiger partial charge >= 0.3 is 5.97 Å². The lowest BCUT2D eigenvalue weighted by atomic mass is 9.90. The highest BCUT2D eigenvalue weighted by molar-refractivity contribution is 5.78. The Morgan fingerprint density at radius 3 is 2.41 bits per heavy atom. The molecule has 0 aromatic rings. The molecule has 1 unspecified atom stereocenters. The van der Waals surface area contributed by atoms with Crippen molar-refractivity contribution in [2.45, 2.75) is 58.0 Å². The lowest BCUT2D eigenvalue weighted by molar-refractivity contribution is -0.153. The number of rotatable bonds is 6. The Hall–Kier alpha value is -0.610. The summed E-state index contributed by atoms with van der Waals surface area (Å²) in [6, 6.07) is 0.411. The van der Waals surface area contributed by atoms with E-state index in [4.69, 9.17) is 0 Å². The molecule has 17 heavy (non-hydrogen) atoms. The van der Waals surface area contributed by atoms with Gasteiger partial charge in [-0.05, 0) is 45.8 Å². The quantitative estimate of drug-likeness (QED) is 0.744. The SMILES string of the molecule is CCCC(C)(C(=O)O)N(CC)C1CCNCC1. The average Bonchev–Trinajstić information content (AvgIpc) is 2.31. The second-order valence-electron chi connectivity index (χ2n) is 5.10. The molecule has 100 valence electrons. The smallest absolute Gasteiger partial charge is 0.323 e. The summed E-state index contributed by atoms with van der Waals surface area (Å²) in [5.41, 5.74) is -0.703. The van der Waals surface area contributed by atoms with Crippen LogP contribution in [0.2, 0.25) is 0 Å². The van der Waals surface area contributed by atoms with E-state index in [-0.39, 0.29) is 0 Å². The molecule has 1 rings (SSSR count). The van der Waals surface area contributed by atoms with Crippen LogP contribution in [0.1, 0.15) is 46.5 Å². The van der Waals surface area contributed by atoms with Gasteiger partial charge in [0.1, 0.15) is 5.54 Å². The molecule has 1 saturated heterocycles. The summed E-state index contributed by atoms with van der Waals surface area (Å²) in [4.78, 5) is 13.8. The third-order valence-electron chi connectivity index (χ3n) is 3.92. The average molecular weight is 242 g/mol. The maximum absolute atomic E-state index is 11.6. The molecule has 0 spiro atoms. The first kappa shape index (κ1) is 14.5. The molecule has 1 aliphatic heterocycles. The Labute approximate surface area is 104 Å². The highest BCUT2D eigenvalue weighted by atomic mass is 16.4. The number of carboxylic acids is 1. The van der Waals surface area contributed by atoms with Gasteiger partial charge < -0.3 is 10.4 Å². The molecule has 0 radical (unpaired) electrons. The summed E-state index contributed by atoms with van der Waals surface area (Å²) < 4.78 is 0. The van der Waals surface area contributed by atoms with Crippen molar-refractivity contribution < 1.29 is 9.90 Å². The zero-order chi connectivity index (χ0) is 12.9. The van der Waals surface area contributed by atoms with Gasteiger partial charge in [-0.3, -0.25) is 9.69 Å². The fourth-order valence-corrected chi connectivity index (χ4v) is 2.99. The largest absolute Gasteiger partial charge is 0.480 e. The van der Waals surface area contributed by atoms with Gasteiger partial charge in [-0.25, -0.2) is 0 Å². The Balaban J connectivity index is 2.83. The van der Waals surface area contributed by atoms with Crippen molar-refractivity contribution in [2.75, 3.05) is 19.6 Å². The summed E-state index contributed by atoms with van der Waals surface area (Å²) in [5, 5.41) is 12.9. The molecule has 0 saturated carbocycles. The van der Waals surface area contributed by atoms with Crippen LogP contribution in [0.25, 0.3) is 0 Å². The zero-order valence-electron chi connectivity index (χ0n) is 11.3. The third kappa shape index (κ3) is 3.19. The number of hydrogen-bond acceptors (Lipinski definition) is 3. The molecule has 0 bridgehead atoms. The maximum atomic E-state index is 11.6. The van der Waals surface area contributed by atoms with Crippen LogP contribution in [0.3, 0.4) is 0 Å². The Bertz CT molecular complexity index is 252. The number of carbonyl (C=O) groups is 1. The van der Waals surface area contributed by atoms with Crippen LogP contribution >= 0.6 is 0 Å². The van der Waals surface area contributed by atoms with E-state index in [1.54, 1.807) is 0 Å². The van der Waals surface area contributed by atoms with Crippen molar-refractivity contribution in [1.29, 1.82) is 0 Å². The summed E-state index contributed by atoms with van der Waals surface area (Å²) in [6.45, 7) is 8.82. The van der Waals surface area contributed by atoms with Crippen LogP contribution in [0, 0.1) is 0 Å². The number of nitrogens with one attached hydrogen (secondary N) is 1. The van der Waals surface area contributed by atoms with Gasteiger partial charge in [0.05, 0.1) is 0 Å². The van der Waals surface area contributed by atoms with Crippen molar-refractivity contribution >= 4 is 5.97 Å². The monoisotopic (exact) mass is 242 g/mol. The molecule has 0 amide bonds. The lowest BCUT2D eigenvalue weighted by Gasteiger charge is -2.44. The first-order chi connectivity index (χ1) is 8.06. The first-order valence-corrected chi connectivity index (χ1v) is 6.77. The van der Waals surface area contributed by atoms with Gasteiger partial charge in [-0.2, -0.15) is 0 Å². The number of carboxylic acid groups (broad SMARTS) is 1. The molecule has 1 fully saturated rings. The van der Waals surface area contributed by atoms with Crippen molar-refractivity contribution in [3.8, 4) is 0 Å². The fourth-order valence-electron chi connectivity index (χ4n) is 2.99. The molecule has 1 aliphatic rings. The van der Waals surface area contributed by atoms with Crippen molar-refractivity contribution in [3.05, 3.63) is 0 Å². The predicted molar refractivity (Wildman–Crippen MR) is 69.2 cm³/mol. The van der Waals surface area contributed by atoms with E-state index >= 15 is 0 Å². The van der Waals surface area contributed by atoms with Crippen LogP contribution in [-0.2, 0) is 4.79 Å². The van der Waals surface area contributed by atoms with E-state index in [0.29, 0.717) is 6.04 Å². The Kier molecular flexibility index (Phi) is 5.40. The number of likely N-dealkylation sites (N-methyl/N-ethyl adjacent to an activating group) is 1. The van der Waals surface area contributed by atoms with Gasteiger partial charge in [0, 0.05) is 6.04 Å². The van der Waals surface area contributed by atoms with Crippen molar-refractivity contribution in [1.82, 2.24) is 10.2 Å². The molecular weight excluding hydrogens is 216 g/mol. The normalized spacial score (nSPS) is 21.4. The molecule has 0 aliphatic carbocycles. The number of nitrogens with zero attached hydrogens (tertiary/aromatic N) is 1. The van der Waals surface area contributed by atoms with Gasteiger partial charge in [-0.1, -0.05) is 20.3 Å². The Morgan fingerprint density at radius 2 is 2.00 bits per heavy atom. The highest BCUT2D eigenvalue weighted by Gasteiger charge is 2.41. The summed E-state index contributed by atoms with van der Waals surface area (Å²) >= 11 is 0. The summed E-state index contributed by atoms with van der Waals surface area (Å²) in [6.07, 6.45) is 3.74. The van der Waals surface area contributed by atoms with E-state index in [0.717, 1.165) is 45.3 Å². The zero-order valence-corrected chi connectivity index (χ0v) is 11.3. The van der Waals surface area contributed by atoms with E-state index in [2.05, 4.69) is 24.1 Å². The van der Waals surface area contributed by atoms with Crippen molar-refractivity contribution in [3.63, 3.8) is 0 Å². The lowest BCUT2D eigenvalue weighted by Crippen LogP contribution is -2.58. The highest BCUT2D eigenvalue weighted by Crippen LogP contribution is 2.27. The first-order valence-electron chi connectivity index (χ1n) is 6.77. The molecule has 4 nitrogen and oxygen atoms in total. The molecular formula is C13H26N2O2. The molecule has 1 atom stereocenters. The fraction of sp³-hybridized carbons (Fsp3) is 0.923. The minimum Gasteiger partial charge on any atom is -0.480 e. The number of aliphatic carboxylic acids is 1. The molecule has 0 aromatic heterocycles. The standard InChI is InChI=1S/C13H26N2O2/c1-4-8-13(3,12(16)17)15(5-2)11-6-9-14-10-7-11/h11,14H,4-10H2,1-3H3,(H,16,17). The van der Waals surface area contributed by atoms with Crippen LogP contribution in [0.15, 0.2) is 0 Å². The summed E-state index contributed by atoms with van der Waals surface area (Å²) in [5.74, 6) is -0.681. The van der Waals surface area contributed by atoms with Gasteiger partial charge in [-0.15, -0.1) is 0 Å². The molecule has 4 heteroatoms. The molecule has 2 N–H and O–H groups in total. The van der Waals surface area contributed by atoms with E-state index in [9.17, 15) is 9.90 Å². The number of hydrogen-bond donors (Lipinski definition) is 2. The van der Waals surface area contributed by atoms with Crippen LogP contribution < -0.4 is 5.32 Å². The minimum atomic E-state index is -0.703. The minimum absolute atomic E-state index is 0.411. The second-order valence-corrected chi connectivity index (χ2v) is 5.10. The van der Waals surface area contributed by atoms with Crippen LogP contribution in [0.4, 0.5) is 0 Å². The van der Waals surface area contributed by atoms with E-state index < -0.39 is 11.5 Å². The van der Waals surface area contributed by atoms with Crippen molar-refractivity contribution in [2.24, 2.45) is 0 Å². The Morgan fingerprint density at radius 1 is 1.41 bits per heavy atom. The van der Waals surface area contributed by atoms with Gasteiger partial charge in [0.2, 0.25) is 0 Å². The predicted octanol–water partition coefficient (Wildman–Crippen LogP) is 1.70. The topological polar surface area (TPSA) is 52.6 Å².